The fourth-order valence-corrected chi connectivity index (χ4v) is 2.71. The molecule has 1 saturated carbocycles. The number of Topliss-reactive ketones (excluding diaryl/α,β-unsaturated/α-hetero) is 1. The standard InChI is InChI=1S/C11H20O/c1-4-11(10(3)12)8-6-5-7-9(11)2/h9H,4-8H2,1-3H3. The van der Waals surface area contributed by atoms with Gasteiger partial charge in [0.2, 0.25) is 0 Å². The van der Waals surface area contributed by atoms with Gasteiger partial charge in [0.1, 0.15) is 5.78 Å². The van der Waals surface area contributed by atoms with Crippen LogP contribution in [0.15, 0.2) is 0 Å². The van der Waals surface area contributed by atoms with Gasteiger partial charge in [0.15, 0.2) is 0 Å². The smallest absolute Gasteiger partial charge is 0.136 e. The van der Waals surface area contributed by atoms with Gasteiger partial charge >= 0.3 is 0 Å². The molecule has 0 aromatic carbocycles. The Kier molecular flexibility index (Phi) is 2.92. The average Bonchev–Trinajstić information content (AvgIpc) is 2.05. The van der Waals surface area contributed by atoms with E-state index in [0.717, 1.165) is 12.8 Å². The van der Waals surface area contributed by atoms with E-state index in [-0.39, 0.29) is 5.41 Å². The minimum atomic E-state index is 0.0399. The highest BCUT2D eigenvalue weighted by molar-refractivity contribution is 5.82. The van der Waals surface area contributed by atoms with Crippen molar-refractivity contribution < 1.29 is 4.79 Å². The summed E-state index contributed by atoms with van der Waals surface area (Å²) in [5.41, 5.74) is 0.0399. The molecule has 1 aliphatic carbocycles. The lowest BCUT2D eigenvalue weighted by atomic mass is 9.63. The van der Waals surface area contributed by atoms with Gasteiger partial charge in [0.05, 0.1) is 0 Å². The summed E-state index contributed by atoms with van der Waals surface area (Å²) >= 11 is 0. The molecule has 70 valence electrons. The first-order valence-corrected chi connectivity index (χ1v) is 5.14. The second kappa shape index (κ2) is 3.59. The third-order valence-electron chi connectivity index (χ3n) is 3.79. The van der Waals surface area contributed by atoms with E-state index >= 15 is 0 Å². The molecule has 0 radical (unpaired) electrons. The van der Waals surface area contributed by atoms with E-state index in [4.69, 9.17) is 0 Å². The Bertz CT molecular complexity index is 174. The van der Waals surface area contributed by atoms with E-state index in [1.807, 2.05) is 0 Å². The second-order valence-electron chi connectivity index (χ2n) is 4.21. The summed E-state index contributed by atoms with van der Waals surface area (Å²) in [6.45, 7) is 6.17. The topological polar surface area (TPSA) is 17.1 Å². The first-order chi connectivity index (χ1) is 5.63. The molecule has 2 unspecified atom stereocenters. The van der Waals surface area contributed by atoms with Crippen LogP contribution in [0.5, 0.6) is 0 Å². The average molecular weight is 168 g/mol. The van der Waals surface area contributed by atoms with Crippen molar-refractivity contribution in [3.63, 3.8) is 0 Å². The fourth-order valence-electron chi connectivity index (χ4n) is 2.71. The summed E-state index contributed by atoms with van der Waals surface area (Å²) in [6.07, 6.45) is 5.96. The van der Waals surface area contributed by atoms with Crippen molar-refractivity contribution in [2.45, 2.75) is 52.9 Å². The lowest BCUT2D eigenvalue weighted by Crippen LogP contribution is -2.37. The minimum Gasteiger partial charge on any atom is -0.299 e. The van der Waals surface area contributed by atoms with Crippen molar-refractivity contribution in [3.8, 4) is 0 Å². The van der Waals surface area contributed by atoms with E-state index in [9.17, 15) is 4.79 Å². The molecular formula is C11H20O. The number of hydrogen-bond donors (Lipinski definition) is 0. The zero-order chi connectivity index (χ0) is 9.19. The Morgan fingerprint density at radius 2 is 2.17 bits per heavy atom. The maximum atomic E-state index is 11.6. The molecule has 0 aromatic heterocycles. The zero-order valence-electron chi connectivity index (χ0n) is 8.52. The third-order valence-corrected chi connectivity index (χ3v) is 3.79. The van der Waals surface area contributed by atoms with Crippen LogP contribution in [0.3, 0.4) is 0 Å². The van der Waals surface area contributed by atoms with Crippen LogP contribution in [0.4, 0.5) is 0 Å². The van der Waals surface area contributed by atoms with E-state index in [1.165, 1.54) is 19.3 Å². The molecule has 1 heteroatoms. The number of ketones is 1. The summed E-state index contributed by atoms with van der Waals surface area (Å²) in [5, 5.41) is 0. The number of carbonyl (C=O) groups excluding carboxylic acids is 1. The monoisotopic (exact) mass is 168 g/mol. The van der Waals surface area contributed by atoms with E-state index in [0.29, 0.717) is 11.7 Å². The largest absolute Gasteiger partial charge is 0.299 e. The number of rotatable bonds is 2. The number of carbonyl (C=O) groups is 1. The third kappa shape index (κ3) is 1.41. The molecule has 0 aromatic rings. The van der Waals surface area contributed by atoms with Crippen LogP contribution in [0, 0.1) is 11.3 Å². The summed E-state index contributed by atoms with van der Waals surface area (Å²) in [7, 11) is 0. The number of hydrogen-bond acceptors (Lipinski definition) is 1. The van der Waals surface area contributed by atoms with Crippen molar-refractivity contribution in [1.29, 1.82) is 0 Å². The highest BCUT2D eigenvalue weighted by atomic mass is 16.1. The molecule has 1 aliphatic rings. The first-order valence-electron chi connectivity index (χ1n) is 5.14. The molecule has 0 aliphatic heterocycles. The predicted octanol–water partition coefficient (Wildman–Crippen LogP) is 3.18. The highest BCUT2D eigenvalue weighted by Crippen LogP contribution is 2.44. The predicted molar refractivity (Wildman–Crippen MR) is 51.0 cm³/mol. The maximum Gasteiger partial charge on any atom is 0.136 e. The van der Waals surface area contributed by atoms with Gasteiger partial charge in [-0.3, -0.25) is 4.79 Å². The molecule has 0 saturated heterocycles. The Labute approximate surface area is 75.5 Å². The van der Waals surface area contributed by atoms with Crippen LogP contribution in [0.25, 0.3) is 0 Å². The second-order valence-corrected chi connectivity index (χ2v) is 4.21. The van der Waals surface area contributed by atoms with Crippen LogP contribution >= 0.6 is 0 Å². The summed E-state index contributed by atoms with van der Waals surface area (Å²) in [5.74, 6) is 1.02. The molecule has 1 nitrogen and oxygen atoms in total. The normalized spacial score (nSPS) is 36.4. The van der Waals surface area contributed by atoms with Gasteiger partial charge in [-0.15, -0.1) is 0 Å². The minimum absolute atomic E-state index is 0.0399. The van der Waals surface area contributed by atoms with Gasteiger partial charge in [0, 0.05) is 5.41 Å². The Balaban J connectivity index is 2.81. The van der Waals surface area contributed by atoms with Gasteiger partial charge in [0.25, 0.3) is 0 Å². The van der Waals surface area contributed by atoms with Crippen LogP contribution in [-0.2, 0) is 4.79 Å². The molecule has 0 spiro atoms. The highest BCUT2D eigenvalue weighted by Gasteiger charge is 2.40. The lowest BCUT2D eigenvalue weighted by molar-refractivity contribution is -0.131. The Morgan fingerprint density at radius 3 is 2.50 bits per heavy atom. The van der Waals surface area contributed by atoms with Crippen molar-refractivity contribution >= 4 is 5.78 Å². The van der Waals surface area contributed by atoms with Crippen LogP contribution in [0.2, 0.25) is 0 Å². The zero-order valence-corrected chi connectivity index (χ0v) is 8.52. The van der Waals surface area contributed by atoms with Crippen LogP contribution in [-0.4, -0.2) is 5.78 Å². The van der Waals surface area contributed by atoms with Gasteiger partial charge in [-0.25, -0.2) is 0 Å². The molecule has 0 amide bonds. The Hall–Kier alpha value is -0.330. The van der Waals surface area contributed by atoms with E-state index in [2.05, 4.69) is 13.8 Å². The van der Waals surface area contributed by atoms with Crippen LogP contribution in [0.1, 0.15) is 52.9 Å². The SMILES string of the molecule is CCC1(C(C)=O)CCCCC1C. The van der Waals surface area contributed by atoms with Crippen molar-refractivity contribution in [1.82, 2.24) is 0 Å². The summed E-state index contributed by atoms with van der Waals surface area (Å²) in [6, 6.07) is 0. The van der Waals surface area contributed by atoms with Crippen molar-refractivity contribution in [2.24, 2.45) is 11.3 Å². The summed E-state index contributed by atoms with van der Waals surface area (Å²) in [4.78, 5) is 11.6. The quantitative estimate of drug-likeness (QED) is 0.619. The van der Waals surface area contributed by atoms with Gasteiger partial charge in [-0.05, 0) is 32.1 Å². The van der Waals surface area contributed by atoms with Gasteiger partial charge < -0.3 is 0 Å². The summed E-state index contributed by atoms with van der Waals surface area (Å²) < 4.78 is 0. The molecular weight excluding hydrogens is 148 g/mol. The molecule has 0 heterocycles. The molecule has 1 rings (SSSR count). The fraction of sp³-hybridized carbons (Fsp3) is 0.909. The maximum absolute atomic E-state index is 11.6. The first kappa shape index (κ1) is 9.76. The molecule has 1 fully saturated rings. The van der Waals surface area contributed by atoms with Gasteiger partial charge in [-0.1, -0.05) is 26.7 Å². The van der Waals surface area contributed by atoms with Crippen LogP contribution < -0.4 is 0 Å². The van der Waals surface area contributed by atoms with Gasteiger partial charge in [-0.2, -0.15) is 0 Å². The van der Waals surface area contributed by atoms with Crippen molar-refractivity contribution in [2.75, 3.05) is 0 Å². The van der Waals surface area contributed by atoms with Crippen molar-refractivity contribution in [3.05, 3.63) is 0 Å². The van der Waals surface area contributed by atoms with E-state index in [1.54, 1.807) is 6.92 Å². The molecule has 0 N–H and O–H groups in total. The van der Waals surface area contributed by atoms with E-state index < -0.39 is 0 Å². The molecule has 12 heavy (non-hydrogen) atoms. The molecule has 2 atom stereocenters. The Morgan fingerprint density at radius 1 is 1.50 bits per heavy atom. The molecule has 0 bridgehead atoms. The lowest BCUT2D eigenvalue weighted by Gasteiger charge is -2.40.